The molecular weight excluding hydrogens is 262 g/mol. The molecule has 1 aromatic carbocycles. The second kappa shape index (κ2) is 5.66. The van der Waals surface area contributed by atoms with Gasteiger partial charge in [0.05, 0.1) is 5.92 Å². The van der Waals surface area contributed by atoms with Gasteiger partial charge in [0.25, 0.3) is 0 Å². The summed E-state index contributed by atoms with van der Waals surface area (Å²) in [6, 6.07) is 11.9. The molecule has 4 heteroatoms. The van der Waals surface area contributed by atoms with E-state index in [0.29, 0.717) is 0 Å². The van der Waals surface area contributed by atoms with Crippen molar-refractivity contribution in [3.05, 3.63) is 59.4 Å². The zero-order valence-corrected chi connectivity index (χ0v) is 12.3. The van der Waals surface area contributed by atoms with E-state index < -0.39 is 0 Å². The first-order chi connectivity index (χ1) is 10.1. The van der Waals surface area contributed by atoms with Crippen molar-refractivity contribution >= 4 is 11.6 Å². The van der Waals surface area contributed by atoms with Crippen LogP contribution in [0, 0.1) is 6.92 Å². The molecule has 0 spiro atoms. The van der Waals surface area contributed by atoms with Crippen molar-refractivity contribution < 1.29 is 4.79 Å². The summed E-state index contributed by atoms with van der Waals surface area (Å²) >= 11 is 0. The van der Waals surface area contributed by atoms with Gasteiger partial charge < -0.3 is 10.6 Å². The first-order valence-corrected chi connectivity index (χ1v) is 7.20. The Hall–Kier alpha value is -2.20. The first-order valence-electron chi connectivity index (χ1n) is 7.20. The quantitative estimate of drug-likeness (QED) is 0.889. The standard InChI is InChI=1S/C17H19N3O/c1-11-9-14(7-8-18-11)20-17(21)16-12(2)19-10-13-5-3-4-6-15(13)16/h3-9,12,16,19H,10H2,1-2H3,(H,18,20,21). The average Bonchev–Trinajstić information content (AvgIpc) is 2.47. The molecule has 1 aromatic heterocycles. The molecule has 2 atom stereocenters. The molecule has 0 bridgehead atoms. The minimum atomic E-state index is -0.177. The number of nitrogens with zero attached hydrogens (tertiary/aromatic N) is 1. The first kappa shape index (κ1) is 13.8. The summed E-state index contributed by atoms with van der Waals surface area (Å²) in [7, 11) is 0. The van der Waals surface area contributed by atoms with Crippen molar-refractivity contribution in [2.75, 3.05) is 5.32 Å². The molecule has 0 aliphatic carbocycles. The molecule has 21 heavy (non-hydrogen) atoms. The van der Waals surface area contributed by atoms with Crippen molar-refractivity contribution in [3.8, 4) is 0 Å². The van der Waals surface area contributed by atoms with E-state index >= 15 is 0 Å². The minimum Gasteiger partial charge on any atom is -0.325 e. The van der Waals surface area contributed by atoms with Crippen LogP contribution in [0.3, 0.4) is 0 Å². The van der Waals surface area contributed by atoms with E-state index in [0.717, 1.165) is 23.5 Å². The monoisotopic (exact) mass is 281 g/mol. The molecule has 2 heterocycles. The number of anilines is 1. The smallest absolute Gasteiger partial charge is 0.233 e. The topological polar surface area (TPSA) is 54.0 Å². The largest absolute Gasteiger partial charge is 0.325 e. The summed E-state index contributed by atoms with van der Waals surface area (Å²) < 4.78 is 0. The Kier molecular flexibility index (Phi) is 3.71. The van der Waals surface area contributed by atoms with E-state index in [9.17, 15) is 4.79 Å². The van der Waals surface area contributed by atoms with Crippen LogP contribution in [0.15, 0.2) is 42.6 Å². The Bertz CT molecular complexity index is 669. The van der Waals surface area contributed by atoms with Crippen LogP contribution in [0.4, 0.5) is 5.69 Å². The highest BCUT2D eigenvalue weighted by atomic mass is 16.1. The normalized spacial score (nSPS) is 20.7. The van der Waals surface area contributed by atoms with Crippen LogP contribution in [-0.2, 0) is 11.3 Å². The van der Waals surface area contributed by atoms with Crippen LogP contribution in [0.25, 0.3) is 0 Å². The van der Waals surface area contributed by atoms with E-state index in [-0.39, 0.29) is 17.9 Å². The van der Waals surface area contributed by atoms with Crippen molar-refractivity contribution in [1.29, 1.82) is 0 Å². The second-order valence-electron chi connectivity index (χ2n) is 5.52. The van der Waals surface area contributed by atoms with E-state index in [4.69, 9.17) is 0 Å². The number of pyridine rings is 1. The number of hydrogen-bond acceptors (Lipinski definition) is 3. The summed E-state index contributed by atoms with van der Waals surface area (Å²) in [4.78, 5) is 16.8. The number of aromatic nitrogens is 1. The summed E-state index contributed by atoms with van der Waals surface area (Å²) in [5.74, 6) is -0.156. The molecule has 0 radical (unpaired) electrons. The van der Waals surface area contributed by atoms with Gasteiger partial charge in [-0.05, 0) is 37.1 Å². The van der Waals surface area contributed by atoms with Crippen molar-refractivity contribution in [1.82, 2.24) is 10.3 Å². The Morgan fingerprint density at radius 3 is 2.95 bits per heavy atom. The third kappa shape index (κ3) is 2.81. The van der Waals surface area contributed by atoms with Gasteiger partial charge in [0, 0.05) is 30.2 Å². The Labute approximate surface area is 124 Å². The van der Waals surface area contributed by atoms with E-state index in [1.807, 2.05) is 31.2 Å². The molecule has 4 nitrogen and oxygen atoms in total. The number of fused-ring (bicyclic) bond motifs is 1. The number of benzene rings is 1. The fraction of sp³-hybridized carbons (Fsp3) is 0.294. The minimum absolute atomic E-state index is 0.0211. The Morgan fingerprint density at radius 1 is 1.33 bits per heavy atom. The molecule has 2 aromatic rings. The molecule has 2 unspecified atom stereocenters. The summed E-state index contributed by atoms with van der Waals surface area (Å²) in [5.41, 5.74) is 4.00. The SMILES string of the molecule is Cc1cc(NC(=O)C2c3ccccc3CNC2C)ccn1. The maximum atomic E-state index is 12.7. The van der Waals surface area contributed by atoms with Crippen molar-refractivity contribution in [2.24, 2.45) is 0 Å². The van der Waals surface area contributed by atoms with Gasteiger partial charge in [-0.2, -0.15) is 0 Å². The highest BCUT2D eigenvalue weighted by Gasteiger charge is 2.31. The van der Waals surface area contributed by atoms with Gasteiger partial charge in [0.1, 0.15) is 0 Å². The average molecular weight is 281 g/mol. The fourth-order valence-corrected chi connectivity index (χ4v) is 2.87. The molecule has 0 saturated carbocycles. The predicted molar refractivity (Wildman–Crippen MR) is 83.1 cm³/mol. The van der Waals surface area contributed by atoms with Crippen LogP contribution in [0.2, 0.25) is 0 Å². The third-order valence-electron chi connectivity index (χ3n) is 3.95. The lowest BCUT2D eigenvalue weighted by Crippen LogP contribution is -2.42. The molecule has 1 aliphatic rings. The highest BCUT2D eigenvalue weighted by molar-refractivity contribution is 5.96. The Balaban J connectivity index is 1.87. The number of rotatable bonds is 2. The van der Waals surface area contributed by atoms with Crippen molar-refractivity contribution in [3.63, 3.8) is 0 Å². The fourth-order valence-electron chi connectivity index (χ4n) is 2.87. The lowest BCUT2D eigenvalue weighted by molar-refractivity contribution is -0.118. The van der Waals surface area contributed by atoms with Gasteiger partial charge in [0.15, 0.2) is 0 Å². The summed E-state index contributed by atoms with van der Waals surface area (Å²) in [6.07, 6.45) is 1.71. The van der Waals surface area contributed by atoms with Gasteiger partial charge in [-0.15, -0.1) is 0 Å². The second-order valence-corrected chi connectivity index (χ2v) is 5.52. The highest BCUT2D eigenvalue weighted by Crippen LogP contribution is 2.29. The molecule has 0 saturated heterocycles. The molecule has 2 N–H and O–H groups in total. The molecule has 108 valence electrons. The number of aryl methyl sites for hydroxylation is 1. The molecular formula is C17H19N3O. The van der Waals surface area contributed by atoms with Gasteiger partial charge in [-0.25, -0.2) is 0 Å². The number of amides is 1. The van der Waals surface area contributed by atoms with Gasteiger partial charge in [-0.1, -0.05) is 24.3 Å². The van der Waals surface area contributed by atoms with Crippen LogP contribution >= 0.6 is 0 Å². The van der Waals surface area contributed by atoms with E-state index in [2.05, 4.69) is 34.7 Å². The molecule has 1 amide bonds. The molecule has 3 rings (SSSR count). The maximum Gasteiger partial charge on any atom is 0.233 e. The number of carbonyl (C=O) groups excluding carboxylic acids is 1. The Morgan fingerprint density at radius 2 is 2.14 bits per heavy atom. The van der Waals surface area contributed by atoms with Crippen LogP contribution in [0.5, 0.6) is 0 Å². The number of carbonyl (C=O) groups is 1. The summed E-state index contributed by atoms with van der Waals surface area (Å²) in [6.45, 7) is 4.78. The van der Waals surface area contributed by atoms with Crippen LogP contribution in [-0.4, -0.2) is 16.9 Å². The van der Waals surface area contributed by atoms with E-state index in [1.54, 1.807) is 6.20 Å². The van der Waals surface area contributed by atoms with Crippen LogP contribution in [0.1, 0.15) is 29.7 Å². The predicted octanol–water partition coefficient (Wildman–Crippen LogP) is 2.60. The van der Waals surface area contributed by atoms with E-state index in [1.165, 1.54) is 5.56 Å². The molecule has 0 fully saturated rings. The number of hydrogen-bond donors (Lipinski definition) is 2. The van der Waals surface area contributed by atoms with Gasteiger partial charge in [-0.3, -0.25) is 9.78 Å². The lowest BCUT2D eigenvalue weighted by atomic mass is 9.85. The zero-order chi connectivity index (χ0) is 14.8. The molecule has 1 aliphatic heterocycles. The maximum absolute atomic E-state index is 12.7. The third-order valence-corrected chi connectivity index (χ3v) is 3.95. The zero-order valence-electron chi connectivity index (χ0n) is 12.3. The summed E-state index contributed by atoms with van der Waals surface area (Å²) in [5, 5.41) is 6.40. The van der Waals surface area contributed by atoms with Crippen LogP contribution < -0.4 is 10.6 Å². The lowest BCUT2D eigenvalue weighted by Gasteiger charge is -2.31. The number of nitrogens with one attached hydrogen (secondary N) is 2. The van der Waals surface area contributed by atoms with Gasteiger partial charge >= 0.3 is 0 Å². The van der Waals surface area contributed by atoms with Gasteiger partial charge in [0.2, 0.25) is 5.91 Å². The van der Waals surface area contributed by atoms with Crippen molar-refractivity contribution in [2.45, 2.75) is 32.4 Å².